The molecule has 1 saturated heterocycles. The summed E-state index contributed by atoms with van der Waals surface area (Å²) in [6.07, 6.45) is 7.54. The maximum absolute atomic E-state index is 12.9. The standard InChI is InChI=1S/C24H30N6OS2/c1-13-22-17(2-6-27-13)21(23-29-18-12-25-5-3-19(18)32-23)24(33-22)30-20(31)4-7-28-16-8-14-10-26-11-15(14)9-16/h3,5,12-16,26-28H,2,4,6-11H2,1H3,(H,30,31)/t13-,14?,15?,16?/m0/s1. The second-order valence-electron chi connectivity index (χ2n) is 9.54. The highest BCUT2D eigenvalue weighted by Crippen LogP contribution is 2.46. The van der Waals surface area contributed by atoms with E-state index < -0.39 is 0 Å². The summed E-state index contributed by atoms with van der Waals surface area (Å²) in [5.41, 5.74) is 3.36. The van der Waals surface area contributed by atoms with Crippen LogP contribution in [0.4, 0.5) is 5.00 Å². The first-order chi connectivity index (χ1) is 16.2. The Kier molecular flexibility index (Phi) is 5.92. The Balaban J connectivity index is 1.18. The molecule has 1 aliphatic carbocycles. The summed E-state index contributed by atoms with van der Waals surface area (Å²) in [7, 11) is 0. The molecule has 2 aliphatic heterocycles. The molecule has 6 rings (SSSR count). The van der Waals surface area contributed by atoms with E-state index in [1.165, 1.54) is 23.3 Å². The fourth-order valence-electron chi connectivity index (χ4n) is 5.70. The third-order valence-corrected chi connectivity index (χ3v) is 9.74. The summed E-state index contributed by atoms with van der Waals surface area (Å²) >= 11 is 3.38. The number of pyridine rings is 1. The first kappa shape index (κ1) is 21.6. The number of carbonyl (C=O) groups excluding carboxylic acids is 1. The number of aromatic nitrogens is 2. The zero-order valence-corrected chi connectivity index (χ0v) is 20.5. The van der Waals surface area contributed by atoms with Gasteiger partial charge in [0.25, 0.3) is 0 Å². The molecule has 33 heavy (non-hydrogen) atoms. The van der Waals surface area contributed by atoms with Gasteiger partial charge in [-0.3, -0.25) is 9.78 Å². The van der Waals surface area contributed by atoms with Crippen molar-refractivity contribution in [2.24, 2.45) is 11.8 Å². The quantitative estimate of drug-likeness (QED) is 0.430. The minimum absolute atomic E-state index is 0.0746. The molecule has 3 aromatic heterocycles. The van der Waals surface area contributed by atoms with Crippen LogP contribution >= 0.6 is 22.7 Å². The lowest BCUT2D eigenvalue weighted by molar-refractivity contribution is -0.116. The molecule has 3 aromatic rings. The Morgan fingerprint density at radius 3 is 2.91 bits per heavy atom. The van der Waals surface area contributed by atoms with Crippen LogP contribution in [0.2, 0.25) is 0 Å². The van der Waals surface area contributed by atoms with Gasteiger partial charge in [-0.2, -0.15) is 0 Å². The zero-order valence-electron chi connectivity index (χ0n) is 18.8. The molecule has 3 aliphatic rings. The molecule has 2 fully saturated rings. The van der Waals surface area contributed by atoms with E-state index in [-0.39, 0.29) is 11.9 Å². The molecule has 0 radical (unpaired) electrons. The number of carbonyl (C=O) groups is 1. The third kappa shape index (κ3) is 4.21. The van der Waals surface area contributed by atoms with Gasteiger partial charge in [0.05, 0.1) is 10.9 Å². The van der Waals surface area contributed by atoms with Crippen molar-refractivity contribution in [2.45, 2.75) is 44.7 Å². The van der Waals surface area contributed by atoms with E-state index in [0.29, 0.717) is 12.5 Å². The average molecular weight is 483 g/mol. The second-order valence-corrected chi connectivity index (χ2v) is 11.6. The molecule has 7 nitrogen and oxygen atoms in total. The summed E-state index contributed by atoms with van der Waals surface area (Å²) in [6, 6.07) is 2.86. The van der Waals surface area contributed by atoms with Gasteiger partial charge in [0.2, 0.25) is 5.91 Å². The molecule has 1 amide bonds. The first-order valence-corrected chi connectivity index (χ1v) is 13.6. The average Bonchev–Trinajstić information content (AvgIpc) is 3.55. The maximum atomic E-state index is 12.9. The predicted molar refractivity (Wildman–Crippen MR) is 135 cm³/mol. The molecule has 1 saturated carbocycles. The number of nitrogens with zero attached hydrogens (tertiary/aromatic N) is 2. The second kappa shape index (κ2) is 9.03. The van der Waals surface area contributed by atoms with Crippen LogP contribution in [-0.4, -0.2) is 48.1 Å². The molecule has 2 unspecified atom stereocenters. The largest absolute Gasteiger partial charge is 0.317 e. The van der Waals surface area contributed by atoms with Gasteiger partial charge in [-0.25, -0.2) is 4.98 Å². The lowest BCUT2D eigenvalue weighted by Crippen LogP contribution is -2.31. The zero-order chi connectivity index (χ0) is 22.4. The molecule has 0 bridgehead atoms. The molecule has 0 spiro atoms. The summed E-state index contributed by atoms with van der Waals surface area (Å²) in [4.78, 5) is 23.3. The lowest BCUT2D eigenvalue weighted by atomic mass is 10.0. The number of anilines is 1. The van der Waals surface area contributed by atoms with E-state index in [1.807, 2.05) is 18.5 Å². The smallest absolute Gasteiger partial charge is 0.226 e. The molecule has 3 atom stereocenters. The van der Waals surface area contributed by atoms with Gasteiger partial charge in [-0.1, -0.05) is 0 Å². The minimum atomic E-state index is 0.0746. The SMILES string of the molecule is C[C@@H]1NCCc2c1sc(NC(=O)CCNC1CC3CNCC3C1)c2-c1nc2cnccc2s1. The Bertz CT molecular complexity index is 1130. The van der Waals surface area contributed by atoms with Gasteiger partial charge < -0.3 is 21.3 Å². The maximum Gasteiger partial charge on any atom is 0.226 e. The Morgan fingerprint density at radius 2 is 2.09 bits per heavy atom. The summed E-state index contributed by atoms with van der Waals surface area (Å²) in [6.45, 7) is 6.19. The Labute approximate surface area is 201 Å². The molecule has 5 heterocycles. The monoisotopic (exact) mass is 482 g/mol. The van der Waals surface area contributed by atoms with Crippen molar-refractivity contribution >= 4 is 43.8 Å². The van der Waals surface area contributed by atoms with Gasteiger partial charge >= 0.3 is 0 Å². The van der Waals surface area contributed by atoms with Crippen LogP contribution in [-0.2, 0) is 11.2 Å². The van der Waals surface area contributed by atoms with E-state index in [2.05, 4.69) is 33.2 Å². The number of rotatable bonds is 6. The van der Waals surface area contributed by atoms with Crippen LogP contribution in [0.15, 0.2) is 18.5 Å². The van der Waals surface area contributed by atoms with Gasteiger partial charge in [-0.15, -0.1) is 22.7 Å². The van der Waals surface area contributed by atoms with Crippen LogP contribution in [0.3, 0.4) is 0 Å². The molecule has 4 N–H and O–H groups in total. The van der Waals surface area contributed by atoms with Gasteiger partial charge in [0, 0.05) is 41.7 Å². The van der Waals surface area contributed by atoms with Crippen LogP contribution in [0.1, 0.15) is 42.7 Å². The normalized spacial score (nSPS) is 26.5. The molecule has 9 heteroatoms. The van der Waals surface area contributed by atoms with Gasteiger partial charge in [0.1, 0.15) is 15.5 Å². The van der Waals surface area contributed by atoms with E-state index in [1.54, 1.807) is 22.7 Å². The summed E-state index contributed by atoms with van der Waals surface area (Å²) < 4.78 is 1.12. The van der Waals surface area contributed by atoms with Crippen LogP contribution in [0.5, 0.6) is 0 Å². The number of amides is 1. The Hall–Kier alpha value is -1.91. The fraction of sp³-hybridized carbons (Fsp3) is 0.542. The van der Waals surface area contributed by atoms with Crippen molar-refractivity contribution in [3.63, 3.8) is 0 Å². The summed E-state index contributed by atoms with van der Waals surface area (Å²) in [5.74, 6) is 1.71. The van der Waals surface area contributed by atoms with Crippen molar-refractivity contribution in [1.82, 2.24) is 25.9 Å². The van der Waals surface area contributed by atoms with Crippen molar-refractivity contribution in [2.75, 3.05) is 31.5 Å². The minimum Gasteiger partial charge on any atom is -0.317 e. The highest BCUT2D eigenvalue weighted by Gasteiger charge is 2.37. The topological polar surface area (TPSA) is 91.0 Å². The fourth-order valence-corrected chi connectivity index (χ4v) is 8.07. The van der Waals surface area contributed by atoms with Crippen LogP contribution in [0, 0.1) is 11.8 Å². The van der Waals surface area contributed by atoms with Crippen LogP contribution < -0.4 is 21.3 Å². The molecule has 174 valence electrons. The van der Waals surface area contributed by atoms with E-state index in [9.17, 15) is 4.79 Å². The van der Waals surface area contributed by atoms with E-state index in [4.69, 9.17) is 4.98 Å². The number of thiophene rings is 1. The highest BCUT2D eigenvalue weighted by molar-refractivity contribution is 7.23. The molecular weight excluding hydrogens is 452 g/mol. The van der Waals surface area contributed by atoms with Crippen molar-refractivity contribution < 1.29 is 4.79 Å². The first-order valence-electron chi connectivity index (χ1n) is 12.0. The van der Waals surface area contributed by atoms with E-state index in [0.717, 1.165) is 70.2 Å². The Morgan fingerprint density at radius 1 is 1.24 bits per heavy atom. The predicted octanol–water partition coefficient (Wildman–Crippen LogP) is 3.54. The third-order valence-electron chi connectivity index (χ3n) is 7.35. The molecular formula is C24H30N6OS2. The van der Waals surface area contributed by atoms with Crippen molar-refractivity contribution in [3.8, 4) is 10.6 Å². The number of nitrogens with one attached hydrogen (secondary N) is 4. The van der Waals surface area contributed by atoms with Crippen LogP contribution in [0.25, 0.3) is 20.8 Å². The number of fused-ring (bicyclic) bond motifs is 3. The number of hydrogen-bond donors (Lipinski definition) is 4. The number of thiazole rings is 1. The van der Waals surface area contributed by atoms with Crippen molar-refractivity contribution in [1.29, 1.82) is 0 Å². The van der Waals surface area contributed by atoms with Gasteiger partial charge in [0.15, 0.2) is 0 Å². The highest BCUT2D eigenvalue weighted by atomic mass is 32.1. The van der Waals surface area contributed by atoms with E-state index >= 15 is 0 Å². The van der Waals surface area contributed by atoms with Gasteiger partial charge in [-0.05, 0) is 69.3 Å². The molecule has 0 aromatic carbocycles. The number of hydrogen-bond acceptors (Lipinski definition) is 8. The lowest BCUT2D eigenvalue weighted by Gasteiger charge is -2.20. The van der Waals surface area contributed by atoms with Crippen molar-refractivity contribution in [3.05, 3.63) is 28.9 Å². The summed E-state index contributed by atoms with van der Waals surface area (Å²) in [5, 5.41) is 15.8.